The van der Waals surface area contributed by atoms with Gasteiger partial charge in [-0.05, 0) is 39.5 Å². The van der Waals surface area contributed by atoms with Crippen molar-refractivity contribution >= 4 is 22.4 Å². The zero-order valence-corrected chi connectivity index (χ0v) is 12.4. The molecule has 0 bridgehead atoms. The minimum absolute atomic E-state index is 0.207. The number of amides is 1. The van der Waals surface area contributed by atoms with Crippen LogP contribution in [0, 0.1) is 19.8 Å². The van der Waals surface area contributed by atoms with Gasteiger partial charge >= 0.3 is 0 Å². The topological polar surface area (TPSA) is 45.2 Å². The van der Waals surface area contributed by atoms with E-state index in [-0.39, 0.29) is 11.8 Å². The molecule has 1 aromatic heterocycles. The van der Waals surface area contributed by atoms with Gasteiger partial charge in [-0.3, -0.25) is 4.79 Å². The summed E-state index contributed by atoms with van der Waals surface area (Å²) in [6.45, 7) is 6.09. The van der Waals surface area contributed by atoms with Gasteiger partial charge in [-0.1, -0.05) is 0 Å². The number of piperidine rings is 1. The van der Waals surface area contributed by atoms with Gasteiger partial charge in [0.15, 0.2) is 5.13 Å². The number of hydrogen-bond donors (Lipinski definition) is 1. The van der Waals surface area contributed by atoms with Gasteiger partial charge in [0.2, 0.25) is 5.91 Å². The van der Waals surface area contributed by atoms with Crippen LogP contribution in [0.4, 0.5) is 5.13 Å². The normalized spacial score (nSPS) is 20.6. The van der Waals surface area contributed by atoms with Crippen LogP contribution < -0.4 is 10.2 Å². The highest BCUT2D eigenvalue weighted by Crippen LogP contribution is 2.29. The van der Waals surface area contributed by atoms with E-state index in [1.165, 1.54) is 17.7 Å². The first-order valence-corrected chi connectivity index (χ1v) is 7.94. The number of nitrogens with one attached hydrogen (secondary N) is 1. The Bertz CT molecular complexity index is 454. The molecule has 104 valence electrons. The van der Waals surface area contributed by atoms with E-state index in [0.29, 0.717) is 6.04 Å². The van der Waals surface area contributed by atoms with Crippen molar-refractivity contribution in [1.82, 2.24) is 10.3 Å². The lowest BCUT2D eigenvalue weighted by Gasteiger charge is -2.31. The van der Waals surface area contributed by atoms with Crippen LogP contribution in [0.2, 0.25) is 0 Å². The van der Waals surface area contributed by atoms with Crippen LogP contribution in [0.1, 0.15) is 36.3 Å². The Balaban J connectivity index is 1.55. The van der Waals surface area contributed by atoms with E-state index >= 15 is 0 Å². The van der Waals surface area contributed by atoms with E-state index in [4.69, 9.17) is 0 Å². The van der Waals surface area contributed by atoms with Gasteiger partial charge in [-0.2, -0.15) is 0 Å². The van der Waals surface area contributed by atoms with Crippen LogP contribution in [0.15, 0.2) is 0 Å². The molecule has 0 spiro atoms. The molecule has 1 saturated heterocycles. The fraction of sp³-hybridized carbons (Fsp3) is 0.714. The number of anilines is 1. The molecular formula is C14H21N3OS. The van der Waals surface area contributed by atoms with Crippen LogP contribution in [-0.2, 0) is 4.79 Å². The number of aryl methyl sites for hydroxylation is 2. The highest BCUT2D eigenvalue weighted by Gasteiger charge is 2.30. The summed E-state index contributed by atoms with van der Waals surface area (Å²) in [7, 11) is 0. The predicted octanol–water partition coefficient (Wildman–Crippen LogP) is 2.25. The first-order chi connectivity index (χ1) is 9.13. The first kappa shape index (κ1) is 12.9. The molecule has 2 fully saturated rings. The summed E-state index contributed by atoms with van der Waals surface area (Å²) in [6, 6.07) is 0.481. The largest absolute Gasteiger partial charge is 0.353 e. The second-order valence-electron chi connectivity index (χ2n) is 5.68. The Morgan fingerprint density at radius 2 is 1.95 bits per heavy atom. The molecule has 1 aromatic rings. The lowest BCUT2D eigenvalue weighted by atomic mass is 9.96. The van der Waals surface area contributed by atoms with Crippen molar-refractivity contribution in [2.75, 3.05) is 18.0 Å². The zero-order valence-electron chi connectivity index (χ0n) is 11.6. The maximum Gasteiger partial charge on any atom is 0.223 e. The average molecular weight is 279 g/mol. The van der Waals surface area contributed by atoms with Gasteiger partial charge in [0.1, 0.15) is 0 Å². The van der Waals surface area contributed by atoms with Crippen LogP contribution in [0.3, 0.4) is 0 Å². The number of nitrogens with zero attached hydrogens (tertiary/aromatic N) is 2. The molecule has 1 saturated carbocycles. The number of carbonyl (C=O) groups is 1. The Morgan fingerprint density at radius 3 is 2.47 bits per heavy atom. The standard InChI is InChI=1S/C14H21N3OS/c1-9-10(2)19-14(15-9)17-7-5-11(6-8-17)13(18)16-12-3-4-12/h11-12H,3-8H2,1-2H3,(H,16,18). The molecule has 0 unspecified atom stereocenters. The molecule has 3 rings (SSSR count). The van der Waals surface area contributed by atoms with Crippen molar-refractivity contribution in [3.63, 3.8) is 0 Å². The summed E-state index contributed by atoms with van der Waals surface area (Å²) in [5.41, 5.74) is 1.13. The molecule has 0 aromatic carbocycles. The Morgan fingerprint density at radius 1 is 1.26 bits per heavy atom. The summed E-state index contributed by atoms with van der Waals surface area (Å²) in [4.78, 5) is 20.2. The maximum absolute atomic E-state index is 12.0. The molecule has 0 radical (unpaired) electrons. The minimum Gasteiger partial charge on any atom is -0.353 e. The molecule has 2 heterocycles. The number of rotatable bonds is 3. The zero-order chi connectivity index (χ0) is 13.4. The lowest BCUT2D eigenvalue weighted by Crippen LogP contribution is -2.41. The van der Waals surface area contributed by atoms with Crippen LogP contribution in [-0.4, -0.2) is 30.0 Å². The van der Waals surface area contributed by atoms with E-state index in [0.717, 1.165) is 36.8 Å². The predicted molar refractivity (Wildman–Crippen MR) is 77.7 cm³/mol. The first-order valence-electron chi connectivity index (χ1n) is 7.13. The van der Waals surface area contributed by atoms with Crippen LogP contribution in [0.5, 0.6) is 0 Å². The van der Waals surface area contributed by atoms with Crippen LogP contribution >= 0.6 is 11.3 Å². The van der Waals surface area contributed by atoms with Gasteiger partial charge < -0.3 is 10.2 Å². The maximum atomic E-state index is 12.0. The smallest absolute Gasteiger partial charge is 0.223 e. The molecule has 1 aliphatic heterocycles. The fourth-order valence-corrected chi connectivity index (χ4v) is 3.43. The van der Waals surface area contributed by atoms with E-state index in [1.54, 1.807) is 11.3 Å². The number of carbonyl (C=O) groups excluding carboxylic acids is 1. The molecule has 2 aliphatic rings. The van der Waals surface area contributed by atoms with Crippen molar-refractivity contribution in [2.45, 2.75) is 45.6 Å². The van der Waals surface area contributed by atoms with Gasteiger partial charge in [-0.15, -0.1) is 11.3 Å². The third-order valence-electron chi connectivity index (χ3n) is 4.08. The Labute approximate surface area is 118 Å². The van der Waals surface area contributed by atoms with Crippen LogP contribution in [0.25, 0.3) is 0 Å². The molecule has 4 nitrogen and oxygen atoms in total. The number of aromatic nitrogens is 1. The molecular weight excluding hydrogens is 258 g/mol. The molecule has 5 heteroatoms. The number of thiazole rings is 1. The van der Waals surface area contributed by atoms with Gasteiger partial charge in [0.25, 0.3) is 0 Å². The van der Waals surface area contributed by atoms with E-state index in [9.17, 15) is 4.79 Å². The van der Waals surface area contributed by atoms with Crippen molar-refractivity contribution < 1.29 is 4.79 Å². The lowest BCUT2D eigenvalue weighted by molar-refractivity contribution is -0.125. The fourth-order valence-electron chi connectivity index (χ4n) is 2.47. The summed E-state index contributed by atoms with van der Waals surface area (Å²) < 4.78 is 0. The average Bonchev–Trinajstić information content (AvgIpc) is 3.15. The molecule has 1 N–H and O–H groups in total. The summed E-state index contributed by atoms with van der Waals surface area (Å²) >= 11 is 1.77. The minimum atomic E-state index is 0.207. The van der Waals surface area contributed by atoms with Crippen molar-refractivity contribution in [3.8, 4) is 0 Å². The Hall–Kier alpha value is -1.10. The highest BCUT2D eigenvalue weighted by atomic mass is 32.1. The van der Waals surface area contributed by atoms with Crippen molar-refractivity contribution in [1.29, 1.82) is 0 Å². The summed E-state index contributed by atoms with van der Waals surface area (Å²) in [5, 5.41) is 4.24. The molecule has 0 atom stereocenters. The quantitative estimate of drug-likeness (QED) is 0.923. The summed E-state index contributed by atoms with van der Waals surface area (Å²) in [5.74, 6) is 0.479. The summed E-state index contributed by atoms with van der Waals surface area (Å²) in [6.07, 6.45) is 4.25. The van der Waals surface area contributed by atoms with E-state index in [1.807, 2.05) is 0 Å². The third-order valence-corrected chi connectivity index (χ3v) is 5.21. The molecule has 1 amide bonds. The van der Waals surface area contributed by atoms with Crippen molar-refractivity contribution in [2.24, 2.45) is 5.92 Å². The second kappa shape index (κ2) is 5.12. The van der Waals surface area contributed by atoms with Crippen molar-refractivity contribution in [3.05, 3.63) is 10.6 Å². The van der Waals surface area contributed by atoms with Gasteiger partial charge in [0.05, 0.1) is 5.69 Å². The molecule has 19 heavy (non-hydrogen) atoms. The Kier molecular flexibility index (Phi) is 3.48. The highest BCUT2D eigenvalue weighted by molar-refractivity contribution is 7.15. The third kappa shape index (κ3) is 2.91. The van der Waals surface area contributed by atoms with Gasteiger partial charge in [0, 0.05) is 29.9 Å². The SMILES string of the molecule is Cc1nc(N2CCC(C(=O)NC3CC3)CC2)sc1C. The number of hydrogen-bond acceptors (Lipinski definition) is 4. The molecule has 1 aliphatic carbocycles. The van der Waals surface area contributed by atoms with E-state index in [2.05, 4.69) is 29.0 Å². The van der Waals surface area contributed by atoms with Gasteiger partial charge in [-0.25, -0.2) is 4.98 Å². The second-order valence-corrected chi connectivity index (χ2v) is 6.86. The van der Waals surface area contributed by atoms with E-state index < -0.39 is 0 Å². The monoisotopic (exact) mass is 279 g/mol.